The number of methoxy groups -OCH3 is 1. The van der Waals surface area contributed by atoms with Gasteiger partial charge in [-0.1, -0.05) is 58.4 Å². The summed E-state index contributed by atoms with van der Waals surface area (Å²) in [6.07, 6.45) is 9.88. The Bertz CT molecular complexity index is 361. The van der Waals surface area contributed by atoms with Crippen LogP contribution in [-0.4, -0.2) is 7.11 Å². The summed E-state index contributed by atoms with van der Waals surface area (Å²) >= 11 is 3.19. The van der Waals surface area contributed by atoms with Crippen molar-refractivity contribution in [2.24, 2.45) is 0 Å². The van der Waals surface area contributed by atoms with Gasteiger partial charge >= 0.3 is 0 Å². The van der Waals surface area contributed by atoms with Gasteiger partial charge in [0.15, 0.2) is 0 Å². The number of benzene rings is 1. The molecule has 2 heteroatoms. The van der Waals surface area contributed by atoms with E-state index >= 15 is 0 Å². The van der Waals surface area contributed by atoms with Gasteiger partial charge in [-0.15, -0.1) is 0 Å². The Morgan fingerprint density at radius 1 is 1.00 bits per heavy atom. The fourth-order valence-corrected chi connectivity index (χ4v) is 1.23. The van der Waals surface area contributed by atoms with Gasteiger partial charge in [-0.3, -0.25) is 0 Å². The first-order valence-electron chi connectivity index (χ1n) is 4.61. The Kier molecular flexibility index (Phi) is 5.56. The quantitative estimate of drug-likeness (QED) is 0.742. The zero-order chi connectivity index (χ0) is 10.9. The number of ether oxygens (including phenoxy) is 1. The molecule has 1 nitrogen and oxygen atoms in total. The van der Waals surface area contributed by atoms with E-state index in [0.29, 0.717) is 0 Å². The first-order valence-corrected chi connectivity index (χ1v) is 5.52. The van der Waals surface area contributed by atoms with E-state index in [2.05, 4.69) is 15.9 Å². The zero-order valence-electron chi connectivity index (χ0n) is 8.56. The molecule has 78 valence electrons. The van der Waals surface area contributed by atoms with Crippen molar-refractivity contribution in [1.82, 2.24) is 0 Å². The van der Waals surface area contributed by atoms with Gasteiger partial charge in [-0.25, -0.2) is 0 Å². The summed E-state index contributed by atoms with van der Waals surface area (Å²) in [6, 6.07) is 7.93. The summed E-state index contributed by atoms with van der Waals surface area (Å²) in [4.78, 5) is 1.81. The SMILES string of the molecule is COc1ccc(/C=C/C=C/C=C\Br)cc1. The van der Waals surface area contributed by atoms with E-state index in [9.17, 15) is 0 Å². The van der Waals surface area contributed by atoms with Crippen molar-refractivity contribution in [3.63, 3.8) is 0 Å². The molecule has 0 N–H and O–H groups in total. The van der Waals surface area contributed by atoms with Crippen molar-refractivity contribution in [2.45, 2.75) is 0 Å². The highest BCUT2D eigenvalue weighted by Crippen LogP contribution is 2.12. The number of hydrogen-bond acceptors (Lipinski definition) is 1. The number of rotatable bonds is 4. The predicted molar refractivity (Wildman–Crippen MR) is 69.2 cm³/mol. The van der Waals surface area contributed by atoms with Gasteiger partial charge in [0.25, 0.3) is 0 Å². The Balaban J connectivity index is 2.57. The lowest BCUT2D eigenvalue weighted by atomic mass is 10.2. The highest BCUT2D eigenvalue weighted by molar-refractivity contribution is 9.11. The number of hydrogen-bond donors (Lipinski definition) is 0. The van der Waals surface area contributed by atoms with Crippen molar-refractivity contribution >= 4 is 22.0 Å². The topological polar surface area (TPSA) is 9.23 Å². The van der Waals surface area contributed by atoms with Gasteiger partial charge in [0, 0.05) is 0 Å². The molecule has 0 fully saturated rings. The van der Waals surface area contributed by atoms with Crippen molar-refractivity contribution in [3.05, 3.63) is 59.1 Å². The minimum Gasteiger partial charge on any atom is -0.497 e. The fraction of sp³-hybridized carbons (Fsp3) is 0.0769. The van der Waals surface area contributed by atoms with E-state index in [1.165, 1.54) is 0 Å². The van der Waals surface area contributed by atoms with Gasteiger partial charge in [0.05, 0.1) is 7.11 Å². The zero-order valence-corrected chi connectivity index (χ0v) is 10.1. The van der Waals surface area contributed by atoms with Crippen LogP contribution in [0.3, 0.4) is 0 Å². The molecule has 0 atom stereocenters. The molecule has 0 aliphatic heterocycles. The van der Waals surface area contributed by atoms with Crippen LogP contribution in [-0.2, 0) is 0 Å². The van der Waals surface area contributed by atoms with Crippen LogP contribution < -0.4 is 4.74 Å². The van der Waals surface area contributed by atoms with Crippen LogP contribution in [0.4, 0.5) is 0 Å². The number of halogens is 1. The van der Waals surface area contributed by atoms with E-state index < -0.39 is 0 Å². The maximum absolute atomic E-state index is 5.07. The van der Waals surface area contributed by atoms with Crippen LogP contribution >= 0.6 is 15.9 Å². The lowest BCUT2D eigenvalue weighted by Crippen LogP contribution is -1.81. The number of allylic oxidation sites excluding steroid dienone is 4. The normalized spacial score (nSPS) is 11.9. The molecular weight excluding hydrogens is 252 g/mol. The van der Waals surface area contributed by atoms with Gasteiger partial charge in [0.2, 0.25) is 0 Å². The third kappa shape index (κ3) is 4.66. The standard InChI is InChI=1S/C13H13BrO/c1-15-13-9-7-12(8-10-13)6-4-2-3-5-11-14/h2-11H,1H3/b3-2+,6-4+,11-5-. The molecule has 0 saturated heterocycles. The maximum Gasteiger partial charge on any atom is 0.118 e. The van der Waals surface area contributed by atoms with E-state index in [-0.39, 0.29) is 0 Å². The summed E-state index contributed by atoms with van der Waals surface area (Å²) in [5.74, 6) is 0.880. The summed E-state index contributed by atoms with van der Waals surface area (Å²) in [5.41, 5.74) is 1.16. The van der Waals surface area contributed by atoms with E-state index in [1.54, 1.807) is 7.11 Å². The summed E-state index contributed by atoms with van der Waals surface area (Å²) in [5, 5.41) is 0. The largest absolute Gasteiger partial charge is 0.497 e. The Labute approximate surface area is 98.9 Å². The molecule has 0 radical (unpaired) electrons. The molecule has 1 rings (SSSR count). The summed E-state index contributed by atoms with van der Waals surface area (Å²) in [6.45, 7) is 0. The molecule has 0 saturated carbocycles. The summed E-state index contributed by atoms with van der Waals surface area (Å²) < 4.78 is 5.07. The predicted octanol–water partition coefficient (Wildman–Crippen LogP) is 4.17. The second-order valence-corrected chi connectivity index (χ2v) is 3.36. The Morgan fingerprint density at radius 3 is 2.27 bits per heavy atom. The van der Waals surface area contributed by atoms with Crippen LogP contribution in [0.15, 0.2) is 53.6 Å². The second-order valence-electron chi connectivity index (χ2n) is 2.84. The highest BCUT2D eigenvalue weighted by Gasteiger charge is 1.88. The monoisotopic (exact) mass is 264 g/mol. The van der Waals surface area contributed by atoms with E-state index in [0.717, 1.165) is 11.3 Å². The average Bonchev–Trinajstić information content (AvgIpc) is 2.30. The molecule has 1 aromatic rings. The molecule has 0 aromatic heterocycles. The van der Waals surface area contributed by atoms with Crippen molar-refractivity contribution in [3.8, 4) is 5.75 Å². The average molecular weight is 265 g/mol. The minimum absolute atomic E-state index is 0.880. The van der Waals surface area contributed by atoms with E-state index in [1.807, 2.05) is 59.6 Å². The molecule has 0 spiro atoms. The van der Waals surface area contributed by atoms with Crippen molar-refractivity contribution in [1.29, 1.82) is 0 Å². The molecule has 0 amide bonds. The lowest BCUT2D eigenvalue weighted by Gasteiger charge is -1.98. The summed E-state index contributed by atoms with van der Waals surface area (Å²) in [7, 11) is 1.67. The van der Waals surface area contributed by atoms with Gasteiger partial charge in [-0.2, -0.15) is 0 Å². The minimum atomic E-state index is 0.880. The Hall–Kier alpha value is -1.28. The second kappa shape index (κ2) is 7.07. The molecule has 0 aliphatic carbocycles. The molecule has 1 aromatic carbocycles. The first-order chi connectivity index (χ1) is 7.36. The van der Waals surface area contributed by atoms with Crippen LogP contribution in [0.25, 0.3) is 6.08 Å². The highest BCUT2D eigenvalue weighted by atomic mass is 79.9. The molecular formula is C13H13BrO. The van der Waals surface area contributed by atoms with Crippen LogP contribution in [0, 0.1) is 0 Å². The van der Waals surface area contributed by atoms with E-state index in [4.69, 9.17) is 4.74 Å². The van der Waals surface area contributed by atoms with Crippen molar-refractivity contribution in [2.75, 3.05) is 7.11 Å². The van der Waals surface area contributed by atoms with Crippen LogP contribution in [0.1, 0.15) is 5.56 Å². The Morgan fingerprint density at radius 2 is 1.67 bits per heavy atom. The van der Waals surface area contributed by atoms with Crippen molar-refractivity contribution < 1.29 is 4.74 Å². The van der Waals surface area contributed by atoms with Gasteiger partial charge in [-0.05, 0) is 22.7 Å². The van der Waals surface area contributed by atoms with Crippen LogP contribution in [0.5, 0.6) is 5.75 Å². The van der Waals surface area contributed by atoms with Gasteiger partial charge < -0.3 is 4.74 Å². The third-order valence-electron chi connectivity index (χ3n) is 1.81. The molecule has 0 unspecified atom stereocenters. The van der Waals surface area contributed by atoms with Crippen LogP contribution in [0.2, 0.25) is 0 Å². The lowest BCUT2D eigenvalue weighted by molar-refractivity contribution is 0.415. The fourth-order valence-electron chi connectivity index (χ4n) is 1.05. The molecule has 15 heavy (non-hydrogen) atoms. The maximum atomic E-state index is 5.07. The smallest absolute Gasteiger partial charge is 0.118 e. The first kappa shape index (κ1) is 11.8. The molecule has 0 heterocycles. The molecule has 0 bridgehead atoms. The van der Waals surface area contributed by atoms with Gasteiger partial charge in [0.1, 0.15) is 5.75 Å². The molecule has 0 aliphatic rings. The third-order valence-corrected chi connectivity index (χ3v) is 2.12.